The van der Waals surface area contributed by atoms with Crippen LogP contribution in [0.5, 0.6) is 11.5 Å². The topological polar surface area (TPSA) is 105 Å². The molecular weight excluding hydrogens is 505 g/mol. The predicted molar refractivity (Wildman–Crippen MR) is 133 cm³/mol. The Bertz CT molecular complexity index is 1210. The van der Waals surface area contributed by atoms with Gasteiger partial charge in [0, 0.05) is 42.6 Å². The molecule has 3 aromatic rings. The monoisotopic (exact) mass is 534 g/mol. The molecule has 4 rings (SSSR count). The van der Waals surface area contributed by atoms with E-state index in [-0.39, 0.29) is 24.0 Å². The van der Waals surface area contributed by atoms with Gasteiger partial charge in [0.25, 0.3) is 12.4 Å². The van der Waals surface area contributed by atoms with Crippen molar-refractivity contribution in [3.05, 3.63) is 60.0 Å². The molecule has 0 saturated carbocycles. The number of alkyl halides is 3. The summed E-state index contributed by atoms with van der Waals surface area (Å²) < 4.78 is 46.7. The Hall–Kier alpha value is -3.93. The molecule has 204 valence electrons. The van der Waals surface area contributed by atoms with E-state index in [2.05, 4.69) is 19.6 Å². The maximum Gasteiger partial charge on any atom is 0.573 e. The average Bonchev–Trinajstić information content (AvgIpc) is 2.88. The Balaban J connectivity index is 0.00000127. The summed E-state index contributed by atoms with van der Waals surface area (Å²) in [6.07, 6.45) is -1.75. The van der Waals surface area contributed by atoms with Crippen LogP contribution in [0.1, 0.15) is 34.8 Å². The van der Waals surface area contributed by atoms with Crippen molar-refractivity contribution in [2.75, 3.05) is 40.3 Å². The van der Waals surface area contributed by atoms with Gasteiger partial charge in [-0.25, -0.2) is 9.97 Å². The van der Waals surface area contributed by atoms with Gasteiger partial charge in [-0.2, -0.15) is 0 Å². The van der Waals surface area contributed by atoms with E-state index in [4.69, 9.17) is 14.6 Å². The molecular formula is C26H29F3N4O5. The Labute approximate surface area is 217 Å². The van der Waals surface area contributed by atoms with Gasteiger partial charge in [-0.3, -0.25) is 9.59 Å². The number of rotatable bonds is 7. The van der Waals surface area contributed by atoms with Crippen molar-refractivity contribution in [2.45, 2.75) is 25.1 Å². The van der Waals surface area contributed by atoms with Crippen LogP contribution in [0.25, 0.3) is 10.9 Å². The lowest BCUT2D eigenvalue weighted by atomic mass is 9.90. The summed E-state index contributed by atoms with van der Waals surface area (Å²) in [5.74, 6) is 0.368. The first-order chi connectivity index (χ1) is 18.1. The number of carboxylic acid groups (broad SMARTS) is 1. The van der Waals surface area contributed by atoms with E-state index in [0.717, 1.165) is 53.9 Å². The third-order valence-corrected chi connectivity index (χ3v) is 5.95. The Morgan fingerprint density at radius 2 is 1.74 bits per heavy atom. The number of carbonyl (C=O) groups excluding carboxylic acids is 1. The first-order valence-corrected chi connectivity index (χ1v) is 11.9. The maximum absolute atomic E-state index is 12.8. The number of carbonyl (C=O) groups is 2. The van der Waals surface area contributed by atoms with Crippen LogP contribution in [0.2, 0.25) is 0 Å². The molecule has 0 aliphatic carbocycles. The highest BCUT2D eigenvalue weighted by molar-refractivity contribution is 5.94. The van der Waals surface area contributed by atoms with Gasteiger partial charge >= 0.3 is 6.36 Å². The molecule has 0 bridgehead atoms. The Kier molecular flexibility index (Phi) is 9.83. The van der Waals surface area contributed by atoms with Gasteiger partial charge in [0.2, 0.25) is 0 Å². The molecule has 1 saturated heterocycles. The first-order valence-electron chi connectivity index (χ1n) is 11.9. The minimum atomic E-state index is -4.76. The van der Waals surface area contributed by atoms with Gasteiger partial charge < -0.3 is 24.4 Å². The van der Waals surface area contributed by atoms with Crippen molar-refractivity contribution in [2.24, 2.45) is 0 Å². The van der Waals surface area contributed by atoms with E-state index in [0.29, 0.717) is 25.3 Å². The van der Waals surface area contributed by atoms with Crippen molar-refractivity contribution in [1.82, 2.24) is 19.8 Å². The Morgan fingerprint density at radius 1 is 1.11 bits per heavy atom. The van der Waals surface area contributed by atoms with E-state index in [1.165, 1.54) is 12.1 Å². The van der Waals surface area contributed by atoms with Gasteiger partial charge in [-0.05, 0) is 63.3 Å². The number of hydrogen-bond donors (Lipinski definition) is 1. The van der Waals surface area contributed by atoms with E-state index < -0.39 is 6.36 Å². The zero-order chi connectivity index (χ0) is 27.7. The lowest BCUT2D eigenvalue weighted by molar-refractivity contribution is -0.274. The number of halogens is 3. The number of likely N-dealkylation sites (N-methyl/N-ethyl adjacent to an activating group) is 1. The second-order valence-corrected chi connectivity index (χ2v) is 8.83. The second-order valence-electron chi connectivity index (χ2n) is 8.83. The van der Waals surface area contributed by atoms with E-state index >= 15 is 0 Å². The van der Waals surface area contributed by atoms with Crippen LogP contribution in [0.15, 0.2) is 48.8 Å². The number of benzene rings is 2. The summed E-state index contributed by atoms with van der Waals surface area (Å²) >= 11 is 0. The van der Waals surface area contributed by atoms with Crippen LogP contribution in [-0.4, -0.2) is 84.0 Å². The molecule has 12 heteroatoms. The van der Waals surface area contributed by atoms with Crippen LogP contribution in [0.4, 0.5) is 13.2 Å². The zero-order valence-corrected chi connectivity index (χ0v) is 21.0. The summed E-state index contributed by atoms with van der Waals surface area (Å²) in [6, 6.07) is 10.8. The van der Waals surface area contributed by atoms with Crippen LogP contribution in [-0.2, 0) is 4.79 Å². The van der Waals surface area contributed by atoms with Crippen molar-refractivity contribution >= 4 is 23.3 Å². The summed E-state index contributed by atoms with van der Waals surface area (Å²) in [6.45, 7) is 2.21. The smallest absolute Gasteiger partial charge is 0.492 e. The fourth-order valence-electron chi connectivity index (χ4n) is 4.16. The number of amides is 1. The summed E-state index contributed by atoms with van der Waals surface area (Å²) in [7, 11) is 3.98. The molecule has 1 amide bonds. The number of hydrogen-bond acceptors (Lipinski definition) is 7. The third kappa shape index (κ3) is 8.04. The van der Waals surface area contributed by atoms with Crippen molar-refractivity contribution in [3.63, 3.8) is 0 Å². The molecule has 1 fully saturated rings. The van der Waals surface area contributed by atoms with Crippen molar-refractivity contribution in [3.8, 4) is 11.5 Å². The normalized spacial score (nSPS) is 14.1. The maximum atomic E-state index is 12.8. The largest absolute Gasteiger partial charge is 0.573 e. The van der Waals surface area contributed by atoms with Crippen LogP contribution < -0.4 is 9.47 Å². The molecule has 0 atom stereocenters. The van der Waals surface area contributed by atoms with E-state index in [9.17, 15) is 18.0 Å². The molecule has 0 spiro atoms. The summed E-state index contributed by atoms with van der Waals surface area (Å²) in [5, 5.41) is 7.86. The quantitative estimate of drug-likeness (QED) is 0.450. The predicted octanol–water partition coefficient (Wildman–Crippen LogP) is 4.19. The van der Waals surface area contributed by atoms with E-state index in [1.54, 1.807) is 11.2 Å². The number of nitrogens with zero attached hydrogens (tertiary/aromatic N) is 4. The standard InChI is InChI=1S/C25H27F3N4O3.CH2O2/c1-31(2)13-14-34-20-7-8-21-22(15-20)29-16-30-23(21)17-9-11-32(12-10-17)24(33)18-3-5-19(6-4-18)35-25(26,27)28;2-1-3/h3-8,15-17H,9-14H2,1-2H3;1H,(H,2,3). The molecule has 1 aromatic heterocycles. The van der Waals surface area contributed by atoms with E-state index in [1.807, 2.05) is 32.3 Å². The average molecular weight is 535 g/mol. The lowest BCUT2D eigenvalue weighted by Crippen LogP contribution is -2.38. The number of fused-ring (bicyclic) bond motifs is 1. The molecule has 2 aromatic carbocycles. The fourth-order valence-corrected chi connectivity index (χ4v) is 4.16. The minimum absolute atomic E-state index is 0.174. The lowest BCUT2D eigenvalue weighted by Gasteiger charge is -2.32. The van der Waals surface area contributed by atoms with Gasteiger partial charge in [-0.15, -0.1) is 13.2 Å². The molecule has 1 N–H and O–H groups in total. The Morgan fingerprint density at radius 3 is 2.34 bits per heavy atom. The van der Waals surface area contributed by atoms with Gasteiger partial charge in [-0.1, -0.05) is 0 Å². The zero-order valence-electron chi connectivity index (χ0n) is 21.0. The molecule has 0 unspecified atom stereocenters. The fraction of sp³-hybridized carbons (Fsp3) is 0.385. The van der Waals surface area contributed by atoms with Crippen LogP contribution >= 0.6 is 0 Å². The highest BCUT2D eigenvalue weighted by atomic mass is 19.4. The van der Waals surface area contributed by atoms with Crippen molar-refractivity contribution in [1.29, 1.82) is 0 Å². The molecule has 9 nitrogen and oxygen atoms in total. The molecule has 1 aliphatic heterocycles. The van der Waals surface area contributed by atoms with Crippen molar-refractivity contribution < 1.29 is 37.3 Å². The summed E-state index contributed by atoms with van der Waals surface area (Å²) in [5.41, 5.74) is 2.10. The third-order valence-electron chi connectivity index (χ3n) is 5.95. The number of ether oxygens (including phenoxy) is 2. The molecule has 0 radical (unpaired) electrons. The minimum Gasteiger partial charge on any atom is -0.492 e. The highest BCUT2D eigenvalue weighted by Gasteiger charge is 2.31. The number of likely N-dealkylation sites (tertiary alicyclic amines) is 1. The second kappa shape index (κ2) is 13.0. The molecule has 38 heavy (non-hydrogen) atoms. The summed E-state index contributed by atoms with van der Waals surface area (Å²) in [4.78, 5) is 33.9. The molecule has 2 heterocycles. The van der Waals surface area contributed by atoms with Gasteiger partial charge in [0.1, 0.15) is 24.4 Å². The SMILES string of the molecule is CN(C)CCOc1ccc2c(C3CCN(C(=O)c4ccc(OC(F)(F)F)cc4)CC3)ncnc2c1.O=CO. The van der Waals surface area contributed by atoms with Crippen LogP contribution in [0, 0.1) is 0 Å². The highest BCUT2D eigenvalue weighted by Crippen LogP contribution is 2.33. The number of piperidine rings is 1. The van der Waals surface area contributed by atoms with Gasteiger partial charge in [0.15, 0.2) is 0 Å². The van der Waals surface area contributed by atoms with Crippen LogP contribution in [0.3, 0.4) is 0 Å². The number of aromatic nitrogens is 2. The first kappa shape index (κ1) is 28.6. The molecule has 1 aliphatic rings. The van der Waals surface area contributed by atoms with Gasteiger partial charge in [0.05, 0.1) is 11.2 Å².